The van der Waals surface area contributed by atoms with E-state index in [0.29, 0.717) is 0 Å². The van der Waals surface area contributed by atoms with E-state index >= 15 is 0 Å². The molecule has 112 valence electrons. The predicted molar refractivity (Wildman–Crippen MR) is 86.6 cm³/mol. The third kappa shape index (κ3) is 3.24. The maximum absolute atomic E-state index is 11.3. The fourth-order valence-electron chi connectivity index (χ4n) is 2.85. The fraction of sp³-hybridized carbons (Fsp3) is 0.438. The average molecular weight is 303 g/mol. The number of benzene rings is 1. The minimum Gasteiger partial charge on any atom is -0.328 e. The molecule has 1 aliphatic rings. The van der Waals surface area contributed by atoms with Crippen molar-refractivity contribution < 1.29 is 4.21 Å². The molecule has 1 N–H and O–H groups in total. The number of rotatable bonds is 5. The molecule has 0 amide bonds. The smallest absolute Gasteiger partial charge is 0.140 e. The molecule has 0 spiro atoms. The second-order valence-electron chi connectivity index (χ2n) is 5.40. The lowest BCUT2D eigenvalue weighted by Crippen LogP contribution is -2.25. The van der Waals surface area contributed by atoms with Gasteiger partial charge >= 0.3 is 0 Å². The van der Waals surface area contributed by atoms with Gasteiger partial charge in [0.15, 0.2) is 0 Å². The van der Waals surface area contributed by atoms with Crippen LogP contribution in [0.3, 0.4) is 0 Å². The summed E-state index contributed by atoms with van der Waals surface area (Å²) in [4.78, 5) is 4.84. The first-order chi connectivity index (χ1) is 10.3. The van der Waals surface area contributed by atoms with E-state index in [2.05, 4.69) is 22.0 Å². The molecule has 2 aromatic rings. The molecule has 1 atom stereocenters. The van der Waals surface area contributed by atoms with Crippen molar-refractivity contribution in [1.29, 1.82) is 0 Å². The van der Waals surface area contributed by atoms with Crippen LogP contribution >= 0.6 is 0 Å². The van der Waals surface area contributed by atoms with Gasteiger partial charge in [-0.3, -0.25) is 4.21 Å². The zero-order chi connectivity index (χ0) is 14.7. The van der Waals surface area contributed by atoms with Crippen LogP contribution < -0.4 is 5.32 Å². The summed E-state index contributed by atoms with van der Waals surface area (Å²) in [5.41, 5.74) is 3.66. The number of fused-ring (bicyclic) bond motifs is 1. The first-order valence-electron chi connectivity index (χ1n) is 7.40. The Morgan fingerprint density at radius 3 is 2.90 bits per heavy atom. The number of hydrogen-bond acceptors (Lipinski definition) is 3. The molecule has 0 saturated heterocycles. The topological polar surface area (TPSA) is 46.9 Å². The molecule has 1 aromatic carbocycles. The quantitative estimate of drug-likeness (QED) is 0.918. The molecule has 2 heterocycles. The Labute approximate surface area is 128 Å². The molecule has 0 radical (unpaired) electrons. The summed E-state index contributed by atoms with van der Waals surface area (Å²) in [7, 11) is -0.726. The predicted octanol–water partition coefficient (Wildman–Crippen LogP) is 1.96. The van der Waals surface area contributed by atoms with E-state index in [0.717, 1.165) is 55.3 Å². The van der Waals surface area contributed by atoms with Gasteiger partial charge in [0, 0.05) is 60.1 Å². The first kappa shape index (κ1) is 14.5. The van der Waals surface area contributed by atoms with E-state index in [1.54, 1.807) is 6.26 Å². The maximum atomic E-state index is 11.3. The van der Waals surface area contributed by atoms with Gasteiger partial charge in [-0.15, -0.1) is 0 Å². The van der Waals surface area contributed by atoms with E-state index in [4.69, 9.17) is 4.98 Å². The Kier molecular flexibility index (Phi) is 4.51. The third-order valence-corrected chi connectivity index (χ3v) is 4.70. The minimum absolute atomic E-state index is 0.726. The Morgan fingerprint density at radius 2 is 2.14 bits per heavy atom. The SMILES string of the molecule is CS(=O)CCCn1c(-c2ccccc2)nc2c1CCNC2. The van der Waals surface area contributed by atoms with Crippen molar-refractivity contribution in [2.45, 2.75) is 25.9 Å². The highest BCUT2D eigenvalue weighted by Gasteiger charge is 2.20. The average Bonchev–Trinajstić information content (AvgIpc) is 2.87. The fourth-order valence-corrected chi connectivity index (χ4v) is 3.38. The number of hydrogen-bond donors (Lipinski definition) is 1. The summed E-state index contributed by atoms with van der Waals surface area (Å²) in [6.45, 7) is 2.75. The molecule has 1 aromatic heterocycles. The van der Waals surface area contributed by atoms with Gasteiger partial charge in [-0.05, 0) is 6.42 Å². The Balaban J connectivity index is 1.94. The van der Waals surface area contributed by atoms with Gasteiger partial charge in [-0.2, -0.15) is 0 Å². The monoisotopic (exact) mass is 303 g/mol. The molecule has 4 nitrogen and oxygen atoms in total. The highest BCUT2D eigenvalue weighted by molar-refractivity contribution is 7.84. The summed E-state index contributed by atoms with van der Waals surface area (Å²) >= 11 is 0. The lowest BCUT2D eigenvalue weighted by molar-refractivity contribution is 0.583. The van der Waals surface area contributed by atoms with E-state index in [9.17, 15) is 4.21 Å². The van der Waals surface area contributed by atoms with Crippen LogP contribution in [0.15, 0.2) is 30.3 Å². The van der Waals surface area contributed by atoms with Crippen molar-refractivity contribution in [3.05, 3.63) is 41.7 Å². The zero-order valence-electron chi connectivity index (χ0n) is 12.3. The van der Waals surface area contributed by atoms with Crippen molar-refractivity contribution in [2.24, 2.45) is 0 Å². The normalized spacial score (nSPS) is 15.7. The molecular weight excluding hydrogens is 282 g/mol. The molecule has 5 heteroatoms. The van der Waals surface area contributed by atoms with Gasteiger partial charge in [0.25, 0.3) is 0 Å². The second kappa shape index (κ2) is 6.54. The molecule has 0 saturated carbocycles. The van der Waals surface area contributed by atoms with E-state index in [-0.39, 0.29) is 0 Å². The van der Waals surface area contributed by atoms with Crippen molar-refractivity contribution in [3.8, 4) is 11.4 Å². The van der Waals surface area contributed by atoms with Crippen LogP contribution in [0.4, 0.5) is 0 Å². The van der Waals surface area contributed by atoms with Gasteiger partial charge in [0.2, 0.25) is 0 Å². The van der Waals surface area contributed by atoms with Crippen molar-refractivity contribution >= 4 is 10.8 Å². The molecule has 1 aliphatic heterocycles. The number of imidazole rings is 1. The summed E-state index contributed by atoms with van der Waals surface area (Å²) in [6.07, 6.45) is 3.72. The summed E-state index contributed by atoms with van der Waals surface area (Å²) in [5, 5.41) is 3.38. The minimum atomic E-state index is -0.726. The molecule has 0 bridgehead atoms. The van der Waals surface area contributed by atoms with Crippen LogP contribution in [-0.2, 0) is 30.3 Å². The van der Waals surface area contributed by atoms with Crippen LogP contribution in [0, 0.1) is 0 Å². The van der Waals surface area contributed by atoms with Gasteiger partial charge in [-0.25, -0.2) is 4.98 Å². The number of aromatic nitrogens is 2. The standard InChI is InChI=1S/C16H21N3OS/c1-21(20)11-5-10-19-15-8-9-17-12-14(15)18-16(19)13-6-3-2-4-7-13/h2-4,6-7,17H,5,8-12H2,1H3. The second-order valence-corrected chi connectivity index (χ2v) is 6.96. The van der Waals surface area contributed by atoms with Gasteiger partial charge in [-0.1, -0.05) is 30.3 Å². The summed E-state index contributed by atoms with van der Waals surface area (Å²) in [6, 6.07) is 10.3. The van der Waals surface area contributed by atoms with Gasteiger partial charge < -0.3 is 9.88 Å². The Bertz CT molecular complexity index is 636. The van der Waals surface area contributed by atoms with Gasteiger partial charge in [0.1, 0.15) is 5.82 Å². The summed E-state index contributed by atoms with van der Waals surface area (Å²) in [5.74, 6) is 1.80. The van der Waals surface area contributed by atoms with Crippen LogP contribution in [0.2, 0.25) is 0 Å². The third-order valence-electron chi connectivity index (χ3n) is 3.83. The number of nitrogens with zero attached hydrogens (tertiary/aromatic N) is 2. The first-order valence-corrected chi connectivity index (χ1v) is 9.13. The Hall–Kier alpha value is -1.46. The Morgan fingerprint density at radius 1 is 1.33 bits per heavy atom. The highest BCUT2D eigenvalue weighted by atomic mass is 32.2. The lowest BCUT2D eigenvalue weighted by atomic mass is 10.2. The lowest BCUT2D eigenvalue weighted by Gasteiger charge is -2.16. The molecule has 0 fully saturated rings. The maximum Gasteiger partial charge on any atom is 0.140 e. The van der Waals surface area contributed by atoms with Crippen molar-refractivity contribution in [2.75, 3.05) is 18.6 Å². The van der Waals surface area contributed by atoms with Crippen LogP contribution in [0.25, 0.3) is 11.4 Å². The van der Waals surface area contributed by atoms with Gasteiger partial charge in [0.05, 0.1) is 5.69 Å². The van der Waals surface area contributed by atoms with Crippen LogP contribution in [0.5, 0.6) is 0 Å². The van der Waals surface area contributed by atoms with E-state index < -0.39 is 10.8 Å². The highest BCUT2D eigenvalue weighted by Crippen LogP contribution is 2.25. The van der Waals surface area contributed by atoms with Crippen molar-refractivity contribution in [1.82, 2.24) is 14.9 Å². The van der Waals surface area contributed by atoms with E-state index in [1.165, 1.54) is 5.69 Å². The molecule has 1 unspecified atom stereocenters. The van der Waals surface area contributed by atoms with E-state index in [1.807, 2.05) is 18.2 Å². The number of nitrogens with one attached hydrogen (secondary N) is 1. The molecular formula is C16H21N3OS. The van der Waals surface area contributed by atoms with Crippen molar-refractivity contribution in [3.63, 3.8) is 0 Å². The molecule has 0 aliphatic carbocycles. The molecule has 21 heavy (non-hydrogen) atoms. The zero-order valence-corrected chi connectivity index (χ0v) is 13.2. The molecule has 3 rings (SSSR count). The largest absolute Gasteiger partial charge is 0.328 e. The van der Waals surface area contributed by atoms with Crippen LogP contribution in [-0.4, -0.2) is 32.3 Å². The van der Waals surface area contributed by atoms with Crippen LogP contribution in [0.1, 0.15) is 17.8 Å². The summed E-state index contributed by atoms with van der Waals surface area (Å²) < 4.78 is 13.6.